The molecule has 6 nitrogen and oxygen atoms in total. The molecule has 2 rings (SSSR count). The van der Waals surface area contributed by atoms with E-state index in [4.69, 9.17) is 0 Å². The van der Waals surface area contributed by atoms with E-state index in [1.807, 2.05) is 0 Å². The molecular formula is C14H16N2O4S. The van der Waals surface area contributed by atoms with Crippen LogP contribution in [0.1, 0.15) is 18.5 Å². The van der Waals surface area contributed by atoms with Crippen LogP contribution in [0.3, 0.4) is 0 Å². The first-order valence-electron chi connectivity index (χ1n) is 6.22. The topological polar surface area (TPSA) is 99.5 Å². The molecule has 0 amide bonds. The van der Waals surface area contributed by atoms with Crippen LogP contribution in [0.15, 0.2) is 41.6 Å². The first kappa shape index (κ1) is 15.1. The van der Waals surface area contributed by atoms with Gasteiger partial charge in [-0.3, -0.25) is 0 Å². The third kappa shape index (κ3) is 3.63. The number of hydrogen-bond acceptors (Lipinski definition) is 6. The third-order valence-electron chi connectivity index (χ3n) is 2.98. The first-order valence-corrected chi connectivity index (χ1v) is 8.11. The van der Waals surface area contributed by atoms with Gasteiger partial charge in [-0.1, -0.05) is 0 Å². The van der Waals surface area contributed by atoms with Crippen molar-refractivity contribution >= 4 is 15.5 Å². The molecule has 0 saturated carbocycles. The van der Waals surface area contributed by atoms with Crippen molar-refractivity contribution in [3.05, 3.63) is 42.1 Å². The minimum Gasteiger partial charge on any atom is -0.508 e. The van der Waals surface area contributed by atoms with Crippen LogP contribution in [0.4, 0.5) is 5.69 Å². The number of hydrogen-bond donors (Lipinski definition) is 3. The van der Waals surface area contributed by atoms with Crippen molar-refractivity contribution in [2.45, 2.75) is 18.0 Å². The molecule has 1 aromatic carbocycles. The van der Waals surface area contributed by atoms with Crippen molar-refractivity contribution in [1.29, 1.82) is 0 Å². The zero-order valence-corrected chi connectivity index (χ0v) is 12.4. The molecule has 112 valence electrons. The lowest BCUT2D eigenvalue weighted by atomic mass is 10.1. The summed E-state index contributed by atoms with van der Waals surface area (Å²) in [7, 11) is -3.32. The Bertz CT molecular complexity index is 742. The van der Waals surface area contributed by atoms with Crippen LogP contribution in [-0.4, -0.2) is 29.9 Å². The lowest BCUT2D eigenvalue weighted by Crippen LogP contribution is -2.08. The summed E-state index contributed by atoms with van der Waals surface area (Å²) >= 11 is 0. The number of rotatable bonds is 4. The van der Waals surface area contributed by atoms with E-state index in [0.717, 1.165) is 6.26 Å². The third-order valence-corrected chi connectivity index (χ3v) is 3.98. The van der Waals surface area contributed by atoms with Crippen molar-refractivity contribution in [3.8, 4) is 11.5 Å². The van der Waals surface area contributed by atoms with E-state index in [0.29, 0.717) is 11.3 Å². The Morgan fingerprint density at radius 1 is 1.19 bits per heavy atom. The van der Waals surface area contributed by atoms with Crippen molar-refractivity contribution < 1.29 is 18.6 Å². The molecule has 0 radical (unpaired) electrons. The van der Waals surface area contributed by atoms with Crippen molar-refractivity contribution in [2.24, 2.45) is 0 Å². The predicted octanol–water partition coefficient (Wildman–Crippen LogP) is 2.07. The number of pyridine rings is 1. The smallest absolute Gasteiger partial charge is 0.192 e. The summed E-state index contributed by atoms with van der Waals surface area (Å²) in [6.45, 7) is 1.80. The van der Waals surface area contributed by atoms with E-state index < -0.39 is 9.84 Å². The second kappa shape index (κ2) is 5.61. The fourth-order valence-corrected chi connectivity index (χ4v) is 2.46. The van der Waals surface area contributed by atoms with Gasteiger partial charge < -0.3 is 15.5 Å². The van der Waals surface area contributed by atoms with Gasteiger partial charge in [0.05, 0.1) is 17.9 Å². The van der Waals surface area contributed by atoms with Crippen LogP contribution in [0.5, 0.6) is 11.5 Å². The highest BCUT2D eigenvalue weighted by atomic mass is 32.2. The minimum absolute atomic E-state index is 0.000839. The zero-order chi connectivity index (χ0) is 15.6. The highest BCUT2D eigenvalue weighted by Crippen LogP contribution is 2.29. The normalized spacial score (nSPS) is 12.9. The SMILES string of the molecule is CC(Nc1ccc(S(C)(=O)=O)nc1)c1cc(O)ccc1O. The maximum Gasteiger partial charge on any atom is 0.192 e. The van der Waals surface area contributed by atoms with Crippen LogP contribution in [0.25, 0.3) is 0 Å². The van der Waals surface area contributed by atoms with Crippen LogP contribution >= 0.6 is 0 Å². The number of benzene rings is 1. The fraction of sp³-hybridized carbons (Fsp3) is 0.214. The summed E-state index contributed by atoms with van der Waals surface area (Å²) < 4.78 is 22.7. The van der Waals surface area contributed by atoms with E-state index in [9.17, 15) is 18.6 Å². The van der Waals surface area contributed by atoms with Gasteiger partial charge >= 0.3 is 0 Å². The van der Waals surface area contributed by atoms with Gasteiger partial charge in [0.15, 0.2) is 14.9 Å². The van der Waals surface area contributed by atoms with Gasteiger partial charge in [-0.05, 0) is 37.3 Å². The van der Waals surface area contributed by atoms with Crippen molar-refractivity contribution in [3.63, 3.8) is 0 Å². The van der Waals surface area contributed by atoms with E-state index in [-0.39, 0.29) is 22.6 Å². The molecule has 1 aromatic heterocycles. The maximum absolute atomic E-state index is 11.3. The first-order chi connectivity index (χ1) is 9.77. The lowest BCUT2D eigenvalue weighted by molar-refractivity contribution is 0.451. The molecule has 21 heavy (non-hydrogen) atoms. The van der Waals surface area contributed by atoms with Crippen LogP contribution in [0, 0.1) is 0 Å². The molecule has 0 aliphatic carbocycles. The molecule has 0 saturated heterocycles. The number of phenols is 2. The largest absolute Gasteiger partial charge is 0.508 e. The van der Waals surface area contributed by atoms with Gasteiger partial charge in [-0.25, -0.2) is 13.4 Å². The Morgan fingerprint density at radius 3 is 2.48 bits per heavy atom. The molecule has 2 aromatic rings. The summed E-state index contributed by atoms with van der Waals surface area (Å²) in [6, 6.07) is 6.99. The second-order valence-electron chi connectivity index (χ2n) is 4.77. The fourth-order valence-electron chi connectivity index (χ4n) is 1.90. The monoisotopic (exact) mass is 308 g/mol. The average Bonchev–Trinajstić information content (AvgIpc) is 2.41. The van der Waals surface area contributed by atoms with Gasteiger partial charge in [-0.15, -0.1) is 0 Å². The summed E-state index contributed by atoms with van der Waals surface area (Å²) in [5.74, 6) is 0.121. The van der Waals surface area contributed by atoms with Gasteiger partial charge in [-0.2, -0.15) is 0 Å². The molecule has 1 unspecified atom stereocenters. The molecule has 3 N–H and O–H groups in total. The minimum atomic E-state index is -3.32. The standard InChI is InChI=1S/C14H16N2O4S/c1-9(12-7-11(17)4-5-13(12)18)16-10-3-6-14(15-8-10)21(2,19)20/h3-9,16-18H,1-2H3. The molecule has 0 spiro atoms. The number of aromatic hydroxyl groups is 2. The number of phenolic OH excluding ortho intramolecular Hbond substituents is 2. The summed E-state index contributed by atoms with van der Waals surface area (Å²) in [6.07, 6.45) is 2.50. The number of anilines is 1. The van der Waals surface area contributed by atoms with E-state index in [2.05, 4.69) is 10.3 Å². The van der Waals surface area contributed by atoms with Crippen molar-refractivity contribution in [2.75, 3.05) is 11.6 Å². The predicted molar refractivity (Wildman–Crippen MR) is 79.2 cm³/mol. The summed E-state index contributed by atoms with van der Waals surface area (Å²) in [5, 5.41) is 22.3. The molecule has 1 heterocycles. The summed E-state index contributed by atoms with van der Waals surface area (Å²) in [5.41, 5.74) is 1.14. The Kier molecular flexibility index (Phi) is 4.04. The van der Waals surface area contributed by atoms with E-state index in [1.54, 1.807) is 13.0 Å². The van der Waals surface area contributed by atoms with Crippen molar-refractivity contribution in [1.82, 2.24) is 4.98 Å². The van der Waals surface area contributed by atoms with E-state index >= 15 is 0 Å². The van der Waals surface area contributed by atoms with Gasteiger partial charge in [0.25, 0.3) is 0 Å². The van der Waals surface area contributed by atoms with E-state index in [1.165, 1.54) is 30.5 Å². The molecule has 1 atom stereocenters. The van der Waals surface area contributed by atoms with Crippen LogP contribution in [0.2, 0.25) is 0 Å². The Balaban J connectivity index is 2.20. The Labute approximate surface area is 123 Å². The average molecular weight is 308 g/mol. The molecule has 0 fully saturated rings. The zero-order valence-electron chi connectivity index (χ0n) is 11.6. The summed E-state index contributed by atoms with van der Waals surface area (Å²) in [4.78, 5) is 3.87. The Hall–Kier alpha value is -2.28. The quantitative estimate of drug-likeness (QED) is 0.748. The molecular weight excluding hydrogens is 292 g/mol. The molecule has 7 heteroatoms. The number of nitrogens with zero attached hydrogens (tertiary/aromatic N) is 1. The van der Waals surface area contributed by atoms with Crippen LogP contribution < -0.4 is 5.32 Å². The molecule has 0 aliphatic heterocycles. The molecule has 0 aliphatic rings. The second-order valence-corrected chi connectivity index (χ2v) is 6.73. The Morgan fingerprint density at radius 2 is 1.90 bits per heavy atom. The molecule has 0 bridgehead atoms. The number of aromatic nitrogens is 1. The van der Waals surface area contributed by atoms with Crippen LogP contribution in [-0.2, 0) is 9.84 Å². The van der Waals surface area contributed by atoms with Gasteiger partial charge in [0.1, 0.15) is 11.5 Å². The highest BCUT2D eigenvalue weighted by molar-refractivity contribution is 7.90. The lowest BCUT2D eigenvalue weighted by Gasteiger charge is -2.17. The van der Waals surface area contributed by atoms with Gasteiger partial charge in [0.2, 0.25) is 0 Å². The number of sulfone groups is 1. The number of nitrogens with one attached hydrogen (secondary N) is 1. The highest BCUT2D eigenvalue weighted by Gasteiger charge is 2.13. The van der Waals surface area contributed by atoms with Gasteiger partial charge in [0, 0.05) is 11.8 Å². The maximum atomic E-state index is 11.3.